The molecular formula is C26H25Cl2NO3. The van der Waals surface area contributed by atoms with Gasteiger partial charge >= 0.3 is 0 Å². The minimum atomic E-state index is -0.291. The number of amides is 1. The topological polar surface area (TPSA) is 55.4 Å². The van der Waals surface area contributed by atoms with Gasteiger partial charge in [0.25, 0.3) is 5.91 Å². The smallest absolute Gasteiger partial charge is 0.253 e. The number of ether oxygens (including phenoxy) is 1. The summed E-state index contributed by atoms with van der Waals surface area (Å²) in [5.74, 6) is 0.409. The molecule has 0 fully saturated rings. The zero-order valence-electron chi connectivity index (χ0n) is 18.0. The highest BCUT2D eigenvalue weighted by Gasteiger charge is 2.13. The Bertz CT molecular complexity index is 1110. The Morgan fingerprint density at radius 3 is 2.53 bits per heavy atom. The van der Waals surface area contributed by atoms with Crippen molar-refractivity contribution in [1.82, 2.24) is 5.32 Å². The standard InChI is InChI=1S/C26H25Cl2NO3/c1-3-17(16-30)11-18-5-4-6-19(12-18)20-7-10-25(32-2)21(13-20)15-29-26(31)23-9-8-22(27)14-24(23)28/h4-10,12-14,16-17H,3,11,15H2,1-2H3,(H,29,31). The highest BCUT2D eigenvalue weighted by molar-refractivity contribution is 6.36. The van der Waals surface area contributed by atoms with Crippen molar-refractivity contribution in [2.24, 2.45) is 5.92 Å². The van der Waals surface area contributed by atoms with Gasteiger partial charge in [0, 0.05) is 23.0 Å². The fourth-order valence-corrected chi connectivity index (χ4v) is 4.00. The van der Waals surface area contributed by atoms with Crippen LogP contribution in [0.1, 0.15) is 34.8 Å². The molecule has 0 radical (unpaired) electrons. The average Bonchev–Trinajstić information content (AvgIpc) is 2.81. The first-order valence-corrected chi connectivity index (χ1v) is 11.2. The minimum absolute atomic E-state index is 0.0200. The third-order valence-electron chi connectivity index (χ3n) is 5.37. The van der Waals surface area contributed by atoms with Gasteiger partial charge in [0.05, 0.1) is 17.7 Å². The van der Waals surface area contributed by atoms with E-state index in [0.717, 1.165) is 41.4 Å². The van der Waals surface area contributed by atoms with Gasteiger partial charge in [-0.2, -0.15) is 0 Å². The summed E-state index contributed by atoms with van der Waals surface area (Å²) in [5, 5.41) is 3.67. The summed E-state index contributed by atoms with van der Waals surface area (Å²) in [7, 11) is 1.60. The van der Waals surface area contributed by atoms with Crippen LogP contribution in [-0.2, 0) is 17.8 Å². The summed E-state index contributed by atoms with van der Waals surface area (Å²) < 4.78 is 5.49. The zero-order chi connectivity index (χ0) is 23.1. The third-order valence-corrected chi connectivity index (χ3v) is 5.92. The number of methoxy groups -OCH3 is 1. The van der Waals surface area contributed by atoms with Crippen LogP contribution in [0.25, 0.3) is 11.1 Å². The number of benzene rings is 3. The molecule has 3 rings (SSSR count). The first-order valence-electron chi connectivity index (χ1n) is 10.4. The largest absolute Gasteiger partial charge is 0.496 e. The second-order valence-corrected chi connectivity index (χ2v) is 8.39. The summed E-state index contributed by atoms with van der Waals surface area (Å²) in [4.78, 5) is 23.8. The van der Waals surface area contributed by atoms with E-state index >= 15 is 0 Å². The molecule has 1 atom stereocenters. The van der Waals surface area contributed by atoms with Crippen molar-refractivity contribution in [3.8, 4) is 16.9 Å². The molecule has 6 heteroatoms. The van der Waals surface area contributed by atoms with E-state index in [-0.39, 0.29) is 18.4 Å². The quantitative estimate of drug-likeness (QED) is 0.370. The number of carbonyl (C=O) groups is 2. The molecule has 3 aromatic carbocycles. The molecule has 32 heavy (non-hydrogen) atoms. The molecule has 0 aromatic heterocycles. The Kier molecular flexibility index (Phi) is 8.32. The fraction of sp³-hybridized carbons (Fsp3) is 0.231. The van der Waals surface area contributed by atoms with Crippen LogP contribution < -0.4 is 10.1 Å². The lowest BCUT2D eigenvalue weighted by atomic mass is 9.95. The first-order chi connectivity index (χ1) is 15.4. The molecule has 0 aliphatic rings. The van der Waals surface area contributed by atoms with Crippen molar-refractivity contribution in [3.05, 3.63) is 87.4 Å². The Hall–Kier alpha value is -2.82. The van der Waals surface area contributed by atoms with Crippen LogP contribution in [0, 0.1) is 5.92 Å². The lowest BCUT2D eigenvalue weighted by Crippen LogP contribution is -2.23. The predicted molar refractivity (Wildman–Crippen MR) is 130 cm³/mol. The lowest BCUT2D eigenvalue weighted by Gasteiger charge is -2.14. The Morgan fingerprint density at radius 1 is 1.06 bits per heavy atom. The van der Waals surface area contributed by atoms with Crippen molar-refractivity contribution in [3.63, 3.8) is 0 Å². The van der Waals surface area contributed by atoms with Crippen molar-refractivity contribution in [2.75, 3.05) is 7.11 Å². The number of aldehydes is 1. The van der Waals surface area contributed by atoms with E-state index in [9.17, 15) is 9.59 Å². The molecule has 166 valence electrons. The van der Waals surface area contributed by atoms with E-state index in [4.69, 9.17) is 27.9 Å². The molecule has 0 saturated heterocycles. The molecule has 0 spiro atoms. The zero-order valence-corrected chi connectivity index (χ0v) is 19.5. The maximum Gasteiger partial charge on any atom is 0.253 e. The molecule has 1 unspecified atom stereocenters. The number of rotatable bonds is 9. The molecule has 0 heterocycles. The van der Waals surface area contributed by atoms with Gasteiger partial charge in [-0.1, -0.05) is 60.5 Å². The number of hydrogen-bond donors (Lipinski definition) is 1. The minimum Gasteiger partial charge on any atom is -0.496 e. The molecule has 4 nitrogen and oxygen atoms in total. The van der Waals surface area contributed by atoms with Crippen LogP contribution in [0.3, 0.4) is 0 Å². The summed E-state index contributed by atoms with van der Waals surface area (Å²) in [5.41, 5.74) is 4.36. The van der Waals surface area contributed by atoms with Crippen molar-refractivity contribution in [2.45, 2.75) is 26.3 Å². The van der Waals surface area contributed by atoms with E-state index in [1.807, 2.05) is 43.3 Å². The molecule has 0 aliphatic carbocycles. The van der Waals surface area contributed by atoms with E-state index in [1.165, 1.54) is 0 Å². The van der Waals surface area contributed by atoms with Crippen molar-refractivity contribution < 1.29 is 14.3 Å². The van der Waals surface area contributed by atoms with Gasteiger partial charge in [-0.25, -0.2) is 0 Å². The molecule has 0 saturated carbocycles. The van der Waals surface area contributed by atoms with Crippen molar-refractivity contribution >= 4 is 35.4 Å². The lowest BCUT2D eigenvalue weighted by molar-refractivity contribution is -0.111. The highest BCUT2D eigenvalue weighted by atomic mass is 35.5. The van der Waals surface area contributed by atoms with Gasteiger partial charge in [0.1, 0.15) is 12.0 Å². The van der Waals surface area contributed by atoms with Crippen molar-refractivity contribution in [1.29, 1.82) is 0 Å². The van der Waals surface area contributed by atoms with Gasteiger partial charge in [-0.3, -0.25) is 4.79 Å². The predicted octanol–water partition coefficient (Wildman–Crippen LogP) is 6.37. The Balaban J connectivity index is 1.81. The molecule has 3 aromatic rings. The molecule has 0 aliphatic heterocycles. The maximum atomic E-state index is 12.6. The Morgan fingerprint density at radius 2 is 1.84 bits per heavy atom. The fourth-order valence-electron chi connectivity index (χ4n) is 3.51. The second kappa shape index (κ2) is 11.2. The summed E-state index contributed by atoms with van der Waals surface area (Å²) >= 11 is 12.1. The SMILES string of the molecule is CCC(C=O)Cc1cccc(-c2ccc(OC)c(CNC(=O)c3ccc(Cl)cc3Cl)c2)c1. The molecule has 1 amide bonds. The van der Waals surface area contributed by atoms with Crippen LogP contribution in [-0.4, -0.2) is 19.3 Å². The first kappa shape index (κ1) is 23.8. The van der Waals surface area contributed by atoms with Gasteiger partial charge < -0.3 is 14.8 Å². The number of halogens is 2. The van der Waals surface area contributed by atoms with Crippen LogP contribution in [0.5, 0.6) is 5.75 Å². The number of nitrogens with one attached hydrogen (secondary N) is 1. The average molecular weight is 470 g/mol. The van der Waals surface area contributed by atoms with Gasteiger partial charge in [0.15, 0.2) is 0 Å². The van der Waals surface area contributed by atoms with Gasteiger partial charge in [-0.15, -0.1) is 0 Å². The molecule has 1 N–H and O–H groups in total. The Labute approximate surface area is 198 Å². The van der Waals surface area contributed by atoms with E-state index in [0.29, 0.717) is 21.4 Å². The van der Waals surface area contributed by atoms with E-state index < -0.39 is 0 Å². The normalized spacial score (nSPS) is 11.6. The van der Waals surface area contributed by atoms with Gasteiger partial charge in [-0.05, 0) is 59.9 Å². The number of hydrogen-bond acceptors (Lipinski definition) is 3. The summed E-state index contributed by atoms with van der Waals surface area (Å²) in [6.07, 6.45) is 2.56. The molecular weight excluding hydrogens is 445 g/mol. The monoisotopic (exact) mass is 469 g/mol. The second-order valence-electron chi connectivity index (χ2n) is 7.54. The third kappa shape index (κ3) is 5.90. The molecule has 0 bridgehead atoms. The summed E-state index contributed by atoms with van der Waals surface area (Å²) in [6, 6.07) is 18.8. The number of carbonyl (C=O) groups excluding carboxylic acids is 2. The maximum absolute atomic E-state index is 12.6. The summed E-state index contributed by atoms with van der Waals surface area (Å²) in [6.45, 7) is 2.29. The van der Waals surface area contributed by atoms with E-state index in [2.05, 4.69) is 11.4 Å². The van der Waals surface area contributed by atoms with Gasteiger partial charge in [0.2, 0.25) is 0 Å². The van der Waals surface area contributed by atoms with E-state index in [1.54, 1.807) is 25.3 Å². The highest BCUT2D eigenvalue weighted by Crippen LogP contribution is 2.28. The van der Waals surface area contributed by atoms with Crippen LogP contribution in [0.4, 0.5) is 0 Å². The van der Waals surface area contributed by atoms with Crippen LogP contribution in [0.15, 0.2) is 60.7 Å². The van der Waals surface area contributed by atoms with Crippen LogP contribution >= 0.6 is 23.2 Å². The van der Waals surface area contributed by atoms with Crippen LogP contribution in [0.2, 0.25) is 10.0 Å².